The number of likely N-dealkylation sites (N-methyl/N-ethyl adjacent to an activating group) is 1. The van der Waals surface area contributed by atoms with Crippen molar-refractivity contribution in [2.24, 2.45) is 5.92 Å². The zero-order valence-electron chi connectivity index (χ0n) is 9.18. The molecule has 15 heavy (non-hydrogen) atoms. The topological polar surface area (TPSA) is 38.8 Å². The molecule has 0 aliphatic carbocycles. The maximum absolute atomic E-state index is 11.8. The molecular formula is C11H17NO3. The fourth-order valence-electron chi connectivity index (χ4n) is 3.43. The van der Waals surface area contributed by atoms with Gasteiger partial charge in [-0.15, -0.1) is 0 Å². The first-order valence-electron chi connectivity index (χ1n) is 5.74. The van der Waals surface area contributed by atoms with Crippen LogP contribution in [0.1, 0.15) is 19.8 Å². The van der Waals surface area contributed by atoms with Gasteiger partial charge in [0.05, 0.1) is 12.1 Å². The quantitative estimate of drug-likeness (QED) is 0.663. The smallest absolute Gasteiger partial charge is 0.162 e. The molecule has 0 spiro atoms. The van der Waals surface area contributed by atoms with Gasteiger partial charge in [0.2, 0.25) is 0 Å². The lowest BCUT2D eigenvalue weighted by Crippen LogP contribution is -2.49. The molecule has 3 saturated heterocycles. The first-order valence-corrected chi connectivity index (χ1v) is 5.74. The van der Waals surface area contributed by atoms with Gasteiger partial charge >= 0.3 is 0 Å². The van der Waals surface area contributed by atoms with Crippen LogP contribution in [-0.4, -0.2) is 48.8 Å². The molecule has 1 unspecified atom stereocenters. The first-order chi connectivity index (χ1) is 7.22. The molecule has 2 bridgehead atoms. The number of ether oxygens (including phenoxy) is 2. The van der Waals surface area contributed by atoms with Crippen LogP contribution >= 0.6 is 0 Å². The number of fused-ring (bicyclic) bond motifs is 1. The number of carbonyl (C=O) groups excluding carboxylic acids is 1. The number of Topliss-reactive ketones (excluding diaryl/α,β-unsaturated/α-hetero) is 1. The van der Waals surface area contributed by atoms with Crippen molar-refractivity contribution in [3.8, 4) is 0 Å². The summed E-state index contributed by atoms with van der Waals surface area (Å²) in [6.45, 7) is 2.67. The molecular weight excluding hydrogens is 194 g/mol. The largest absolute Gasteiger partial charge is 0.353 e. The van der Waals surface area contributed by atoms with E-state index in [1.807, 2.05) is 14.0 Å². The van der Waals surface area contributed by atoms with E-state index in [-0.39, 0.29) is 18.4 Å². The molecule has 5 atom stereocenters. The van der Waals surface area contributed by atoms with E-state index < -0.39 is 0 Å². The molecule has 0 aromatic rings. The Hall–Kier alpha value is -0.450. The molecule has 0 saturated carbocycles. The van der Waals surface area contributed by atoms with Crippen LogP contribution in [-0.2, 0) is 14.3 Å². The second kappa shape index (κ2) is 3.27. The van der Waals surface area contributed by atoms with Gasteiger partial charge in [-0.3, -0.25) is 9.69 Å². The predicted octanol–water partition coefficient (Wildman–Crippen LogP) is 0.409. The Morgan fingerprint density at radius 2 is 2.40 bits per heavy atom. The summed E-state index contributed by atoms with van der Waals surface area (Å²) in [6.07, 6.45) is 1.49. The molecule has 3 rings (SSSR count). The molecule has 0 amide bonds. The number of ketones is 1. The van der Waals surface area contributed by atoms with Crippen LogP contribution in [0.25, 0.3) is 0 Å². The van der Waals surface area contributed by atoms with Gasteiger partial charge in [0.15, 0.2) is 12.1 Å². The van der Waals surface area contributed by atoms with Crippen molar-refractivity contribution >= 4 is 5.78 Å². The second-order valence-corrected chi connectivity index (χ2v) is 4.74. The zero-order chi connectivity index (χ0) is 10.6. The van der Waals surface area contributed by atoms with Gasteiger partial charge in [-0.2, -0.15) is 0 Å². The lowest BCUT2D eigenvalue weighted by atomic mass is 9.98. The molecule has 4 heteroatoms. The van der Waals surface area contributed by atoms with Crippen LogP contribution in [0.15, 0.2) is 0 Å². The summed E-state index contributed by atoms with van der Waals surface area (Å²) < 4.78 is 11.4. The minimum atomic E-state index is -0.0782. The number of hydrogen-bond acceptors (Lipinski definition) is 4. The summed E-state index contributed by atoms with van der Waals surface area (Å²) in [6, 6.07) is 0.535. The molecule has 3 heterocycles. The van der Waals surface area contributed by atoms with E-state index in [0.29, 0.717) is 30.8 Å². The van der Waals surface area contributed by atoms with Crippen LogP contribution in [0, 0.1) is 5.92 Å². The lowest BCUT2D eigenvalue weighted by Gasteiger charge is -2.33. The van der Waals surface area contributed by atoms with Gasteiger partial charge in [0.1, 0.15) is 0 Å². The maximum atomic E-state index is 11.8. The Morgan fingerprint density at radius 3 is 3.13 bits per heavy atom. The summed E-state index contributed by atoms with van der Waals surface area (Å²) in [5.74, 6) is 0.743. The van der Waals surface area contributed by atoms with E-state index in [1.165, 1.54) is 0 Å². The zero-order valence-corrected chi connectivity index (χ0v) is 9.18. The minimum absolute atomic E-state index is 0.0720. The molecule has 0 radical (unpaired) electrons. The highest BCUT2D eigenvalue weighted by Crippen LogP contribution is 2.46. The standard InChI is InChI=1S/C11H17NO3/c1-3-14-11-6-4-7-8(13)5-9(15-11)10(6)12(7)2/h6-7,9-11H,3-5H2,1-2H3/t6-,7-,9?,10+,11-/m1/s1. The highest BCUT2D eigenvalue weighted by Gasteiger charge is 2.58. The first kappa shape index (κ1) is 9.75. The summed E-state index contributed by atoms with van der Waals surface area (Å²) in [7, 11) is 2.04. The number of rotatable bonds is 2. The maximum Gasteiger partial charge on any atom is 0.162 e. The lowest BCUT2D eigenvalue weighted by molar-refractivity contribution is -0.163. The highest BCUT2D eigenvalue weighted by molar-refractivity contribution is 5.86. The van der Waals surface area contributed by atoms with Crippen molar-refractivity contribution in [1.29, 1.82) is 0 Å². The third kappa shape index (κ3) is 1.22. The Morgan fingerprint density at radius 1 is 1.60 bits per heavy atom. The van der Waals surface area contributed by atoms with Gasteiger partial charge in [0, 0.05) is 25.0 Å². The fourth-order valence-corrected chi connectivity index (χ4v) is 3.43. The summed E-state index contributed by atoms with van der Waals surface area (Å²) in [4.78, 5) is 13.9. The SMILES string of the molecule is CCO[C@@H]1OC2CC(=O)[C@H]3C[C@@H]1[C@@H]2N3C. The predicted molar refractivity (Wildman–Crippen MR) is 53.4 cm³/mol. The van der Waals surface area contributed by atoms with Crippen molar-refractivity contribution < 1.29 is 14.3 Å². The number of piperidine rings is 1. The van der Waals surface area contributed by atoms with Crippen LogP contribution in [0.3, 0.4) is 0 Å². The Bertz CT molecular complexity index is 294. The highest BCUT2D eigenvalue weighted by atomic mass is 16.7. The third-order valence-corrected chi connectivity index (χ3v) is 4.04. The van der Waals surface area contributed by atoms with E-state index in [1.54, 1.807) is 0 Å². The van der Waals surface area contributed by atoms with Crippen LogP contribution in [0.2, 0.25) is 0 Å². The van der Waals surface area contributed by atoms with Gasteiger partial charge in [-0.25, -0.2) is 0 Å². The number of hydrogen-bond donors (Lipinski definition) is 0. The summed E-state index contributed by atoms with van der Waals surface area (Å²) in [5, 5.41) is 0. The average molecular weight is 211 g/mol. The van der Waals surface area contributed by atoms with Crippen molar-refractivity contribution in [3.63, 3.8) is 0 Å². The third-order valence-electron chi connectivity index (χ3n) is 4.04. The normalized spacial score (nSPS) is 48.9. The molecule has 3 fully saturated rings. The van der Waals surface area contributed by atoms with Crippen molar-refractivity contribution in [2.45, 2.75) is 44.2 Å². The summed E-state index contributed by atoms with van der Waals surface area (Å²) >= 11 is 0. The Balaban J connectivity index is 1.86. The van der Waals surface area contributed by atoms with Crippen LogP contribution in [0.4, 0.5) is 0 Å². The molecule has 84 valence electrons. The van der Waals surface area contributed by atoms with Gasteiger partial charge < -0.3 is 9.47 Å². The Kier molecular flexibility index (Phi) is 2.13. The van der Waals surface area contributed by atoms with Crippen molar-refractivity contribution in [1.82, 2.24) is 4.90 Å². The van der Waals surface area contributed by atoms with Gasteiger partial charge in [-0.1, -0.05) is 0 Å². The average Bonchev–Trinajstić information content (AvgIpc) is 2.62. The summed E-state index contributed by atoms with van der Waals surface area (Å²) in [5.41, 5.74) is 0. The van der Waals surface area contributed by atoms with E-state index >= 15 is 0 Å². The van der Waals surface area contributed by atoms with Gasteiger partial charge in [0.25, 0.3) is 0 Å². The van der Waals surface area contributed by atoms with E-state index in [0.717, 1.165) is 6.42 Å². The number of nitrogens with zero attached hydrogens (tertiary/aromatic N) is 1. The number of carbonyl (C=O) groups is 1. The van der Waals surface area contributed by atoms with Crippen molar-refractivity contribution in [3.05, 3.63) is 0 Å². The monoisotopic (exact) mass is 211 g/mol. The molecule has 0 aromatic carbocycles. The van der Waals surface area contributed by atoms with Crippen LogP contribution < -0.4 is 0 Å². The van der Waals surface area contributed by atoms with Gasteiger partial charge in [-0.05, 0) is 20.4 Å². The minimum Gasteiger partial charge on any atom is -0.353 e. The van der Waals surface area contributed by atoms with E-state index in [2.05, 4.69) is 4.90 Å². The second-order valence-electron chi connectivity index (χ2n) is 4.74. The van der Waals surface area contributed by atoms with E-state index in [4.69, 9.17) is 9.47 Å². The van der Waals surface area contributed by atoms with E-state index in [9.17, 15) is 4.79 Å². The molecule has 0 aromatic heterocycles. The van der Waals surface area contributed by atoms with Crippen LogP contribution in [0.5, 0.6) is 0 Å². The molecule has 4 nitrogen and oxygen atoms in total. The van der Waals surface area contributed by atoms with Crippen molar-refractivity contribution in [2.75, 3.05) is 13.7 Å². The Labute approximate surface area is 89.5 Å². The fraction of sp³-hybridized carbons (Fsp3) is 0.909. The molecule has 0 N–H and O–H groups in total. The molecule has 3 aliphatic heterocycles. The molecule has 3 aliphatic rings.